The average molecular weight is 468 g/mol. The van der Waals surface area contributed by atoms with Gasteiger partial charge in [0, 0.05) is 41.2 Å². The van der Waals surface area contributed by atoms with Crippen LogP contribution in [0.2, 0.25) is 0 Å². The van der Waals surface area contributed by atoms with E-state index in [1.54, 1.807) is 24.4 Å². The molecule has 0 saturated heterocycles. The van der Waals surface area contributed by atoms with E-state index in [0.717, 1.165) is 22.5 Å². The van der Waals surface area contributed by atoms with Crippen molar-refractivity contribution in [2.45, 2.75) is 19.8 Å². The van der Waals surface area contributed by atoms with Gasteiger partial charge in [0.05, 0.1) is 16.2 Å². The van der Waals surface area contributed by atoms with E-state index in [0.29, 0.717) is 16.8 Å². The molecular weight excluding hydrogens is 442 g/mol. The van der Waals surface area contributed by atoms with Gasteiger partial charge in [0.1, 0.15) is 6.61 Å². The number of ether oxygens (including phenoxy) is 1. The van der Waals surface area contributed by atoms with Crippen molar-refractivity contribution >= 4 is 17.7 Å². The maximum atomic E-state index is 13.0. The summed E-state index contributed by atoms with van der Waals surface area (Å²) in [4.78, 5) is 28.2. The van der Waals surface area contributed by atoms with Crippen molar-refractivity contribution in [1.82, 2.24) is 10.3 Å². The van der Waals surface area contributed by atoms with E-state index in [1.165, 1.54) is 12.1 Å². The maximum absolute atomic E-state index is 13.0. The van der Waals surface area contributed by atoms with E-state index in [1.807, 2.05) is 68.5 Å². The minimum Gasteiger partial charge on any atom is -0.458 e. The lowest BCUT2D eigenvalue weighted by molar-refractivity contribution is -0.384. The van der Waals surface area contributed by atoms with Crippen LogP contribution in [0.15, 0.2) is 102 Å². The second-order valence-electron chi connectivity index (χ2n) is 8.19. The summed E-state index contributed by atoms with van der Waals surface area (Å²) in [6.07, 6.45) is 7.38. The lowest BCUT2D eigenvalue weighted by Crippen LogP contribution is -2.25. The molecule has 176 valence electrons. The summed E-state index contributed by atoms with van der Waals surface area (Å²) in [5, 5.41) is 14.3. The summed E-state index contributed by atoms with van der Waals surface area (Å²) < 4.78 is 5.55. The van der Waals surface area contributed by atoms with Crippen LogP contribution in [0.3, 0.4) is 0 Å². The summed E-state index contributed by atoms with van der Waals surface area (Å²) >= 11 is 0. The first kappa shape index (κ1) is 23.6. The quantitative estimate of drug-likeness (QED) is 0.269. The fourth-order valence-electron chi connectivity index (χ4n) is 4.00. The van der Waals surface area contributed by atoms with Gasteiger partial charge in [0.15, 0.2) is 0 Å². The van der Waals surface area contributed by atoms with Crippen molar-refractivity contribution in [3.8, 4) is 11.3 Å². The number of non-ortho nitro benzene ring substituents is 1. The number of carbonyl (C=O) groups is 1. The Kier molecular flexibility index (Phi) is 7.16. The monoisotopic (exact) mass is 467 g/mol. The smallest absolute Gasteiger partial charge is 0.337 e. The Balaban J connectivity index is 1.52. The zero-order valence-electron chi connectivity index (χ0n) is 19.5. The number of allylic oxidation sites excluding steroid dienone is 3. The van der Waals surface area contributed by atoms with Gasteiger partial charge in [0.2, 0.25) is 0 Å². The summed E-state index contributed by atoms with van der Waals surface area (Å²) in [5.74, 6) is -0.724. The van der Waals surface area contributed by atoms with Crippen molar-refractivity contribution in [3.63, 3.8) is 0 Å². The number of aromatic nitrogens is 1. The molecule has 0 aliphatic carbocycles. The highest BCUT2D eigenvalue weighted by atomic mass is 16.6. The molecule has 0 bridgehead atoms. The molecule has 1 aliphatic heterocycles. The van der Waals surface area contributed by atoms with Crippen molar-refractivity contribution in [1.29, 1.82) is 0 Å². The van der Waals surface area contributed by atoms with E-state index in [2.05, 4.69) is 10.3 Å². The zero-order chi connectivity index (χ0) is 24.8. The highest BCUT2D eigenvalue weighted by molar-refractivity contribution is 5.92. The summed E-state index contributed by atoms with van der Waals surface area (Å²) in [5.41, 5.74) is 5.31. The first-order valence-corrected chi connectivity index (χ1v) is 11.2. The molecule has 0 spiro atoms. The summed E-state index contributed by atoms with van der Waals surface area (Å²) in [7, 11) is 0. The van der Waals surface area contributed by atoms with Crippen LogP contribution < -0.4 is 5.32 Å². The van der Waals surface area contributed by atoms with Crippen LogP contribution >= 0.6 is 0 Å². The first-order valence-electron chi connectivity index (χ1n) is 11.2. The Morgan fingerprint density at radius 1 is 1.11 bits per heavy atom. The van der Waals surface area contributed by atoms with Crippen molar-refractivity contribution in [3.05, 3.63) is 123 Å². The van der Waals surface area contributed by atoms with Crippen LogP contribution in [0.1, 0.15) is 30.9 Å². The molecule has 1 unspecified atom stereocenters. The number of dihydropyridines is 1. The second kappa shape index (κ2) is 10.6. The fourth-order valence-corrected chi connectivity index (χ4v) is 4.00. The number of rotatable bonds is 7. The molecule has 1 aliphatic rings. The lowest BCUT2D eigenvalue weighted by atomic mass is 9.87. The number of esters is 1. The van der Waals surface area contributed by atoms with Gasteiger partial charge in [-0.25, -0.2) is 4.79 Å². The van der Waals surface area contributed by atoms with Gasteiger partial charge >= 0.3 is 5.97 Å². The van der Waals surface area contributed by atoms with Crippen LogP contribution in [0.25, 0.3) is 17.3 Å². The molecule has 1 aromatic heterocycles. The summed E-state index contributed by atoms with van der Waals surface area (Å²) in [6, 6.07) is 19.8. The number of carbonyl (C=O) groups excluding carboxylic acids is 1. The molecule has 0 fully saturated rings. The summed E-state index contributed by atoms with van der Waals surface area (Å²) in [6.45, 7) is 3.95. The number of nitro benzene ring substituents is 1. The number of benzene rings is 2. The zero-order valence-corrected chi connectivity index (χ0v) is 19.5. The Hall–Kier alpha value is -4.52. The molecule has 2 aromatic carbocycles. The van der Waals surface area contributed by atoms with Crippen LogP contribution in [0.4, 0.5) is 5.69 Å². The Bertz CT molecular complexity index is 1330. The van der Waals surface area contributed by atoms with Gasteiger partial charge in [-0.3, -0.25) is 15.1 Å². The minimum absolute atomic E-state index is 0.00944. The number of nitro groups is 1. The molecule has 0 saturated carbocycles. The maximum Gasteiger partial charge on any atom is 0.337 e. The van der Waals surface area contributed by atoms with E-state index < -0.39 is 10.9 Å². The van der Waals surface area contributed by atoms with Crippen molar-refractivity contribution in [2.75, 3.05) is 6.61 Å². The second-order valence-corrected chi connectivity index (χ2v) is 8.19. The highest BCUT2D eigenvalue weighted by Gasteiger charge is 2.28. The van der Waals surface area contributed by atoms with E-state index in [4.69, 9.17) is 4.74 Å². The third-order valence-corrected chi connectivity index (χ3v) is 5.65. The number of hydrogen-bond donors (Lipinski definition) is 1. The predicted molar refractivity (Wildman–Crippen MR) is 135 cm³/mol. The van der Waals surface area contributed by atoms with Gasteiger partial charge in [-0.1, -0.05) is 60.7 Å². The molecule has 1 atom stereocenters. The molecule has 1 N–H and O–H groups in total. The Morgan fingerprint density at radius 3 is 2.63 bits per heavy atom. The van der Waals surface area contributed by atoms with E-state index >= 15 is 0 Å². The number of nitrogens with one attached hydrogen (secondary N) is 1. The molecule has 2 heterocycles. The molecule has 0 radical (unpaired) electrons. The van der Waals surface area contributed by atoms with Gasteiger partial charge in [-0.15, -0.1) is 0 Å². The molecule has 7 nitrogen and oxygen atoms in total. The third kappa shape index (κ3) is 5.70. The van der Waals surface area contributed by atoms with Gasteiger partial charge in [0.25, 0.3) is 5.69 Å². The van der Waals surface area contributed by atoms with Gasteiger partial charge in [-0.2, -0.15) is 0 Å². The molecule has 35 heavy (non-hydrogen) atoms. The number of pyridine rings is 1. The SMILES string of the molecule is CC1=CC(c2ccc(-c3cccc([N+](=O)[O-])c3)nc2)C(C(=O)OC/C=C\c2ccccc2)=C(C)N1. The topological polar surface area (TPSA) is 94.4 Å². The van der Waals surface area contributed by atoms with Gasteiger partial charge < -0.3 is 10.1 Å². The van der Waals surface area contributed by atoms with Crippen molar-refractivity contribution in [2.24, 2.45) is 0 Å². The third-order valence-electron chi connectivity index (χ3n) is 5.65. The first-order chi connectivity index (χ1) is 16.9. The normalized spacial score (nSPS) is 15.5. The van der Waals surface area contributed by atoms with Gasteiger partial charge in [-0.05, 0) is 37.1 Å². The van der Waals surface area contributed by atoms with Crippen LogP contribution in [0.5, 0.6) is 0 Å². The highest BCUT2D eigenvalue weighted by Crippen LogP contribution is 2.33. The Morgan fingerprint density at radius 2 is 1.91 bits per heavy atom. The van der Waals surface area contributed by atoms with Crippen LogP contribution in [0, 0.1) is 10.1 Å². The van der Waals surface area contributed by atoms with Crippen LogP contribution in [-0.2, 0) is 9.53 Å². The molecule has 0 amide bonds. The van der Waals surface area contributed by atoms with E-state index in [9.17, 15) is 14.9 Å². The molecular formula is C28H25N3O4. The number of nitrogens with zero attached hydrogens (tertiary/aromatic N) is 2. The standard InChI is InChI=1S/C28H25N3O4/c1-19-16-25(23-13-14-26(29-18-23)22-11-6-12-24(17-22)31(33)34)27(20(2)30-19)28(32)35-15-7-10-21-8-4-3-5-9-21/h3-14,16-18,25,30H,15H2,1-2H3/b10-7-. The Labute approximate surface area is 203 Å². The minimum atomic E-state index is -0.430. The molecule has 3 aromatic rings. The van der Waals surface area contributed by atoms with E-state index in [-0.39, 0.29) is 18.2 Å². The molecule has 7 heteroatoms. The van der Waals surface area contributed by atoms with Crippen molar-refractivity contribution < 1.29 is 14.5 Å². The predicted octanol–water partition coefficient (Wildman–Crippen LogP) is 5.78. The average Bonchev–Trinajstić information content (AvgIpc) is 2.87. The largest absolute Gasteiger partial charge is 0.458 e. The van der Waals surface area contributed by atoms with Crippen LogP contribution in [-0.4, -0.2) is 22.5 Å². The molecule has 4 rings (SSSR count). The fraction of sp³-hybridized carbons (Fsp3) is 0.143. The lowest BCUT2D eigenvalue weighted by Gasteiger charge is -2.25. The number of hydrogen-bond acceptors (Lipinski definition) is 6.